The first kappa shape index (κ1) is 24.3. The number of pyridine rings is 1. The van der Waals surface area contributed by atoms with Crippen molar-refractivity contribution in [2.75, 3.05) is 30.3 Å². The third kappa shape index (κ3) is 5.29. The molecular weight excluding hydrogens is 488 g/mol. The lowest BCUT2D eigenvalue weighted by atomic mass is 9.93. The van der Waals surface area contributed by atoms with Gasteiger partial charge in [-0.3, -0.25) is 0 Å². The molecule has 0 radical (unpaired) electrons. The smallest absolute Gasteiger partial charge is 0.144 e. The Kier molecular flexibility index (Phi) is 7.91. The molecule has 34 heavy (non-hydrogen) atoms. The van der Waals surface area contributed by atoms with Crippen LogP contribution in [0.2, 0.25) is 5.02 Å². The largest absolute Gasteiger partial charge is 0.396 e. The van der Waals surface area contributed by atoms with E-state index >= 15 is 0 Å². The maximum atomic E-state index is 10.0. The molecule has 0 unspecified atom stereocenters. The van der Waals surface area contributed by atoms with Crippen molar-refractivity contribution in [3.63, 3.8) is 0 Å². The van der Waals surface area contributed by atoms with E-state index in [4.69, 9.17) is 22.3 Å². The summed E-state index contributed by atoms with van der Waals surface area (Å²) in [5.41, 5.74) is 9.23. The van der Waals surface area contributed by atoms with E-state index in [1.807, 2.05) is 29.6 Å². The van der Waals surface area contributed by atoms with E-state index in [0.29, 0.717) is 46.1 Å². The Morgan fingerprint density at radius 2 is 1.85 bits per heavy atom. The van der Waals surface area contributed by atoms with Gasteiger partial charge < -0.3 is 15.7 Å². The van der Waals surface area contributed by atoms with Crippen LogP contribution in [-0.4, -0.2) is 34.8 Å². The van der Waals surface area contributed by atoms with Crippen LogP contribution >= 0.6 is 34.7 Å². The number of hydrogen-bond acceptors (Lipinski definition) is 9. The number of benzene rings is 1. The van der Waals surface area contributed by atoms with Crippen LogP contribution in [0.5, 0.6) is 0 Å². The molecule has 10 heteroatoms. The summed E-state index contributed by atoms with van der Waals surface area (Å²) in [5.74, 6) is 1.11. The molecule has 0 bridgehead atoms. The second-order valence-corrected chi connectivity index (χ2v) is 10.3. The number of thiazole rings is 1. The molecule has 7 nitrogen and oxygen atoms in total. The average molecular weight is 511 g/mol. The Bertz CT molecular complexity index is 1240. The van der Waals surface area contributed by atoms with Gasteiger partial charge in [0.1, 0.15) is 39.1 Å². The molecule has 3 aromatic rings. The Balaban J connectivity index is 1.56. The number of thioether (sulfide) groups is 1. The third-order valence-corrected chi connectivity index (χ3v) is 8.06. The SMILES string of the molecule is N#Cc1c(N)nc(SCc2csc(-c3ccc(Cl)cc3)n2)c(C#N)c1N1CCC(CCO)CC1. The summed E-state index contributed by atoms with van der Waals surface area (Å²) in [5, 5.41) is 33.1. The first-order valence-corrected chi connectivity index (χ1v) is 13.1. The Hall–Kier alpha value is -2.82. The summed E-state index contributed by atoms with van der Waals surface area (Å²) in [4.78, 5) is 11.2. The lowest BCUT2D eigenvalue weighted by molar-refractivity contribution is 0.240. The first-order chi connectivity index (χ1) is 16.5. The first-order valence-electron chi connectivity index (χ1n) is 10.9. The summed E-state index contributed by atoms with van der Waals surface area (Å²) in [6.45, 7) is 1.59. The minimum Gasteiger partial charge on any atom is -0.396 e. The van der Waals surface area contributed by atoms with Gasteiger partial charge in [-0.2, -0.15) is 10.5 Å². The van der Waals surface area contributed by atoms with E-state index in [1.165, 1.54) is 11.8 Å². The van der Waals surface area contributed by atoms with Crippen LogP contribution in [0.15, 0.2) is 34.7 Å². The van der Waals surface area contributed by atoms with Gasteiger partial charge in [-0.25, -0.2) is 9.97 Å². The number of nitrogens with zero attached hydrogens (tertiary/aromatic N) is 5. The van der Waals surface area contributed by atoms with Crippen molar-refractivity contribution in [2.45, 2.75) is 30.0 Å². The van der Waals surface area contributed by atoms with Crippen molar-refractivity contribution in [2.24, 2.45) is 5.92 Å². The highest BCUT2D eigenvalue weighted by atomic mass is 35.5. The highest BCUT2D eigenvalue weighted by Crippen LogP contribution is 2.38. The number of halogens is 1. The van der Waals surface area contributed by atoms with Crippen LogP contribution in [0.1, 0.15) is 36.1 Å². The molecule has 1 aliphatic rings. The molecule has 1 aromatic carbocycles. The van der Waals surface area contributed by atoms with Crippen molar-refractivity contribution in [3.05, 3.63) is 51.5 Å². The minimum atomic E-state index is 0.136. The molecule has 0 atom stereocenters. The van der Waals surface area contributed by atoms with Crippen molar-refractivity contribution in [3.8, 4) is 22.7 Å². The van der Waals surface area contributed by atoms with E-state index < -0.39 is 0 Å². The zero-order valence-corrected chi connectivity index (χ0v) is 20.8. The highest BCUT2D eigenvalue weighted by Gasteiger charge is 2.27. The molecule has 0 amide bonds. The fourth-order valence-corrected chi connectivity index (χ4v) is 6.01. The molecule has 0 saturated carbocycles. The summed E-state index contributed by atoms with van der Waals surface area (Å²) in [6.07, 6.45) is 2.57. The predicted octanol–water partition coefficient (Wildman–Crippen LogP) is 5.08. The second-order valence-electron chi connectivity index (χ2n) is 8.01. The van der Waals surface area contributed by atoms with Gasteiger partial charge in [0.15, 0.2) is 0 Å². The van der Waals surface area contributed by atoms with Crippen LogP contribution in [0.4, 0.5) is 11.5 Å². The summed E-state index contributed by atoms with van der Waals surface area (Å²) < 4.78 is 0. The van der Waals surface area contributed by atoms with E-state index in [-0.39, 0.29) is 18.0 Å². The number of aliphatic hydroxyl groups excluding tert-OH is 1. The summed E-state index contributed by atoms with van der Waals surface area (Å²) in [7, 11) is 0. The second kappa shape index (κ2) is 11.1. The highest BCUT2D eigenvalue weighted by molar-refractivity contribution is 7.98. The number of nitriles is 2. The van der Waals surface area contributed by atoms with Gasteiger partial charge in [-0.05, 0) is 37.3 Å². The van der Waals surface area contributed by atoms with Gasteiger partial charge in [-0.15, -0.1) is 11.3 Å². The molecule has 174 valence electrons. The van der Waals surface area contributed by atoms with Crippen LogP contribution < -0.4 is 10.6 Å². The summed E-state index contributed by atoms with van der Waals surface area (Å²) >= 11 is 8.92. The molecule has 1 fully saturated rings. The number of piperidine rings is 1. The molecule has 2 aromatic heterocycles. The van der Waals surface area contributed by atoms with E-state index in [1.54, 1.807) is 11.3 Å². The number of aromatic nitrogens is 2. The van der Waals surface area contributed by atoms with E-state index in [9.17, 15) is 15.6 Å². The zero-order chi connectivity index (χ0) is 24.1. The minimum absolute atomic E-state index is 0.136. The third-order valence-electron chi connectivity index (χ3n) is 5.86. The van der Waals surface area contributed by atoms with E-state index in [0.717, 1.165) is 35.5 Å². The van der Waals surface area contributed by atoms with Gasteiger partial charge in [0.05, 0.1) is 11.4 Å². The molecule has 1 saturated heterocycles. The zero-order valence-electron chi connectivity index (χ0n) is 18.4. The van der Waals surface area contributed by atoms with Crippen LogP contribution in [0, 0.1) is 28.6 Å². The molecule has 4 rings (SSSR count). The Morgan fingerprint density at radius 3 is 2.50 bits per heavy atom. The quantitative estimate of drug-likeness (QED) is 0.422. The number of rotatable bonds is 7. The predicted molar refractivity (Wildman–Crippen MR) is 137 cm³/mol. The normalized spacial score (nSPS) is 14.1. The Morgan fingerprint density at radius 1 is 1.15 bits per heavy atom. The topological polar surface area (TPSA) is 123 Å². The fourth-order valence-electron chi connectivity index (χ4n) is 4.07. The van der Waals surface area contributed by atoms with Crippen molar-refractivity contribution < 1.29 is 5.11 Å². The fraction of sp³-hybridized carbons (Fsp3) is 0.333. The lowest BCUT2D eigenvalue weighted by Crippen LogP contribution is -2.35. The van der Waals surface area contributed by atoms with Gasteiger partial charge in [0.25, 0.3) is 0 Å². The number of hydrogen-bond donors (Lipinski definition) is 2. The standard InChI is InChI=1S/C24H23ClN6OS2/c25-17-3-1-16(2-4-17)23-29-18(13-33-23)14-34-24-20(12-27)21(19(11-26)22(28)30-24)31-8-5-15(6-9-31)7-10-32/h1-4,13,15,32H,5-10,14H2,(H2,28,30). The average Bonchev–Trinajstić information content (AvgIpc) is 3.32. The molecule has 0 aliphatic carbocycles. The van der Waals surface area contributed by atoms with Crippen molar-refractivity contribution in [1.82, 2.24) is 9.97 Å². The Labute approximate surface area is 211 Å². The van der Waals surface area contributed by atoms with Crippen LogP contribution in [0.25, 0.3) is 10.6 Å². The molecule has 0 spiro atoms. The van der Waals surface area contributed by atoms with E-state index in [2.05, 4.69) is 22.0 Å². The molecule has 3 N–H and O–H groups in total. The monoisotopic (exact) mass is 510 g/mol. The number of nitrogen functional groups attached to an aromatic ring is 1. The van der Waals surface area contributed by atoms with Gasteiger partial charge >= 0.3 is 0 Å². The lowest BCUT2D eigenvalue weighted by Gasteiger charge is -2.34. The van der Waals surface area contributed by atoms with Gasteiger partial charge in [0.2, 0.25) is 0 Å². The number of nitrogens with two attached hydrogens (primary N) is 1. The van der Waals surface area contributed by atoms with Crippen LogP contribution in [0.3, 0.4) is 0 Å². The molecule has 3 heterocycles. The molecule has 1 aliphatic heterocycles. The number of anilines is 2. The van der Waals surface area contributed by atoms with Crippen LogP contribution in [-0.2, 0) is 5.75 Å². The van der Waals surface area contributed by atoms with Crippen molar-refractivity contribution >= 4 is 46.2 Å². The van der Waals surface area contributed by atoms with Crippen molar-refractivity contribution in [1.29, 1.82) is 10.5 Å². The van der Waals surface area contributed by atoms with Gasteiger partial charge in [-0.1, -0.05) is 35.5 Å². The maximum absolute atomic E-state index is 10.0. The summed E-state index contributed by atoms with van der Waals surface area (Å²) in [6, 6.07) is 12.0. The number of aliphatic hydroxyl groups is 1. The molecular formula is C24H23ClN6OS2. The maximum Gasteiger partial charge on any atom is 0.144 e. The van der Waals surface area contributed by atoms with Gasteiger partial charge in [0, 0.05) is 41.4 Å².